The standard InChI is InChI=1S/C12H14INO2/c13-10-3-1-2-8(5-10)4-9-6-11(12(15)16)14-7-9/h1-3,5,9,11,14H,4,6-7H2,(H,15,16)/t9?,11-/m0/s1. The van der Waals surface area contributed by atoms with Gasteiger partial charge in [-0.25, -0.2) is 0 Å². The van der Waals surface area contributed by atoms with E-state index in [9.17, 15) is 4.79 Å². The molecule has 3 nitrogen and oxygen atoms in total. The van der Waals surface area contributed by atoms with Gasteiger partial charge in [-0.15, -0.1) is 0 Å². The Balaban J connectivity index is 1.94. The topological polar surface area (TPSA) is 49.3 Å². The molecule has 1 aliphatic heterocycles. The van der Waals surface area contributed by atoms with E-state index in [-0.39, 0.29) is 6.04 Å². The van der Waals surface area contributed by atoms with Crippen LogP contribution in [0.15, 0.2) is 24.3 Å². The van der Waals surface area contributed by atoms with Gasteiger partial charge in [-0.3, -0.25) is 4.79 Å². The van der Waals surface area contributed by atoms with Crippen molar-refractivity contribution < 1.29 is 9.90 Å². The highest BCUT2D eigenvalue weighted by molar-refractivity contribution is 14.1. The monoisotopic (exact) mass is 331 g/mol. The molecule has 0 aliphatic carbocycles. The Bertz CT molecular complexity index is 394. The number of carboxylic acids is 1. The highest BCUT2D eigenvalue weighted by atomic mass is 127. The van der Waals surface area contributed by atoms with Crippen molar-refractivity contribution >= 4 is 28.6 Å². The Morgan fingerprint density at radius 2 is 2.38 bits per heavy atom. The van der Waals surface area contributed by atoms with E-state index >= 15 is 0 Å². The second kappa shape index (κ2) is 5.14. The van der Waals surface area contributed by atoms with Gasteiger partial charge in [0.25, 0.3) is 0 Å². The first kappa shape index (κ1) is 11.9. The van der Waals surface area contributed by atoms with Crippen LogP contribution < -0.4 is 5.32 Å². The summed E-state index contributed by atoms with van der Waals surface area (Å²) in [5.74, 6) is -0.288. The van der Waals surface area contributed by atoms with Crippen molar-refractivity contribution in [3.8, 4) is 0 Å². The summed E-state index contributed by atoms with van der Waals surface area (Å²) in [5, 5.41) is 11.9. The Hall–Kier alpha value is -0.620. The lowest BCUT2D eigenvalue weighted by molar-refractivity contribution is -0.139. The van der Waals surface area contributed by atoms with Gasteiger partial charge in [0, 0.05) is 3.57 Å². The van der Waals surface area contributed by atoms with E-state index in [0.717, 1.165) is 19.4 Å². The maximum atomic E-state index is 10.8. The van der Waals surface area contributed by atoms with Gasteiger partial charge in [-0.1, -0.05) is 12.1 Å². The summed E-state index contributed by atoms with van der Waals surface area (Å²) >= 11 is 2.30. The van der Waals surface area contributed by atoms with Gasteiger partial charge in [-0.05, 0) is 65.6 Å². The summed E-state index contributed by atoms with van der Waals surface area (Å²) in [7, 11) is 0. The highest BCUT2D eigenvalue weighted by Crippen LogP contribution is 2.20. The van der Waals surface area contributed by atoms with E-state index in [4.69, 9.17) is 5.11 Å². The van der Waals surface area contributed by atoms with Crippen LogP contribution in [0.25, 0.3) is 0 Å². The largest absolute Gasteiger partial charge is 0.480 e. The second-order valence-corrected chi connectivity index (χ2v) is 5.48. The first-order chi connectivity index (χ1) is 7.65. The number of rotatable bonds is 3. The first-order valence-corrected chi connectivity index (χ1v) is 6.43. The van der Waals surface area contributed by atoms with Crippen LogP contribution in [0.2, 0.25) is 0 Å². The van der Waals surface area contributed by atoms with Gasteiger partial charge in [0.15, 0.2) is 0 Å². The molecule has 1 fully saturated rings. The Labute approximate surface area is 108 Å². The van der Waals surface area contributed by atoms with E-state index in [1.807, 2.05) is 6.07 Å². The fourth-order valence-electron chi connectivity index (χ4n) is 2.15. The zero-order chi connectivity index (χ0) is 11.5. The Kier molecular flexibility index (Phi) is 3.81. The summed E-state index contributed by atoms with van der Waals surface area (Å²) in [6, 6.07) is 8.03. The molecule has 16 heavy (non-hydrogen) atoms. The molecule has 1 aromatic rings. The molecule has 2 N–H and O–H groups in total. The van der Waals surface area contributed by atoms with Crippen LogP contribution in [0, 0.1) is 9.49 Å². The van der Waals surface area contributed by atoms with Gasteiger partial charge in [0.2, 0.25) is 0 Å². The molecule has 2 atom stereocenters. The van der Waals surface area contributed by atoms with Gasteiger partial charge in [-0.2, -0.15) is 0 Å². The SMILES string of the molecule is O=C(O)[C@@H]1CC(Cc2cccc(I)c2)CN1. The molecule has 1 saturated heterocycles. The summed E-state index contributed by atoms with van der Waals surface area (Å²) in [6.07, 6.45) is 1.70. The van der Waals surface area contributed by atoms with Crippen molar-refractivity contribution in [1.29, 1.82) is 0 Å². The average Bonchev–Trinajstić information content (AvgIpc) is 2.66. The Morgan fingerprint density at radius 1 is 1.56 bits per heavy atom. The summed E-state index contributed by atoms with van der Waals surface area (Å²) in [4.78, 5) is 10.8. The van der Waals surface area contributed by atoms with Crippen molar-refractivity contribution in [2.24, 2.45) is 5.92 Å². The molecule has 1 aliphatic rings. The van der Waals surface area contributed by atoms with E-state index in [1.165, 1.54) is 9.13 Å². The van der Waals surface area contributed by atoms with E-state index in [0.29, 0.717) is 5.92 Å². The maximum Gasteiger partial charge on any atom is 0.320 e. The fraction of sp³-hybridized carbons (Fsp3) is 0.417. The molecule has 2 rings (SSSR count). The van der Waals surface area contributed by atoms with Crippen molar-refractivity contribution in [2.45, 2.75) is 18.9 Å². The minimum atomic E-state index is -0.731. The quantitative estimate of drug-likeness (QED) is 0.832. The third kappa shape index (κ3) is 2.95. The predicted molar refractivity (Wildman–Crippen MR) is 70.4 cm³/mol. The highest BCUT2D eigenvalue weighted by Gasteiger charge is 2.28. The van der Waals surface area contributed by atoms with Crippen LogP contribution in [0.5, 0.6) is 0 Å². The number of halogens is 1. The van der Waals surface area contributed by atoms with Gasteiger partial charge < -0.3 is 10.4 Å². The number of hydrogen-bond donors (Lipinski definition) is 2. The molecule has 0 saturated carbocycles. The summed E-state index contributed by atoms with van der Waals surface area (Å²) < 4.78 is 1.23. The fourth-order valence-corrected chi connectivity index (χ4v) is 2.76. The van der Waals surface area contributed by atoms with Crippen LogP contribution >= 0.6 is 22.6 Å². The first-order valence-electron chi connectivity index (χ1n) is 5.36. The van der Waals surface area contributed by atoms with Crippen LogP contribution in [-0.2, 0) is 11.2 Å². The predicted octanol–water partition coefficient (Wildman–Crippen LogP) is 1.90. The lowest BCUT2D eigenvalue weighted by Crippen LogP contribution is -2.29. The normalized spacial score (nSPS) is 24.6. The average molecular weight is 331 g/mol. The van der Waals surface area contributed by atoms with Crippen LogP contribution in [0.3, 0.4) is 0 Å². The number of benzene rings is 1. The number of nitrogens with one attached hydrogen (secondary N) is 1. The molecular weight excluding hydrogens is 317 g/mol. The molecule has 4 heteroatoms. The van der Waals surface area contributed by atoms with Gasteiger partial charge in [0.1, 0.15) is 6.04 Å². The molecule has 0 amide bonds. The molecule has 1 aromatic carbocycles. The second-order valence-electron chi connectivity index (χ2n) is 4.23. The minimum absolute atomic E-state index is 0.354. The van der Waals surface area contributed by atoms with E-state index in [1.54, 1.807) is 0 Å². The van der Waals surface area contributed by atoms with Crippen LogP contribution in [-0.4, -0.2) is 23.7 Å². The molecule has 0 aromatic heterocycles. The maximum absolute atomic E-state index is 10.8. The van der Waals surface area contributed by atoms with Crippen molar-refractivity contribution in [1.82, 2.24) is 5.32 Å². The molecule has 86 valence electrons. The lowest BCUT2D eigenvalue weighted by Gasteiger charge is -2.08. The third-order valence-corrected chi connectivity index (χ3v) is 3.60. The number of aliphatic carboxylic acids is 1. The van der Waals surface area contributed by atoms with Crippen LogP contribution in [0.4, 0.5) is 0 Å². The molecule has 1 heterocycles. The molecular formula is C12H14INO2. The zero-order valence-electron chi connectivity index (χ0n) is 8.82. The molecule has 1 unspecified atom stereocenters. The zero-order valence-corrected chi connectivity index (χ0v) is 11.0. The van der Waals surface area contributed by atoms with Gasteiger partial charge in [0.05, 0.1) is 0 Å². The van der Waals surface area contributed by atoms with Crippen molar-refractivity contribution in [2.75, 3.05) is 6.54 Å². The molecule has 0 radical (unpaired) electrons. The number of carbonyl (C=O) groups is 1. The van der Waals surface area contributed by atoms with Gasteiger partial charge >= 0.3 is 5.97 Å². The van der Waals surface area contributed by atoms with Crippen LogP contribution in [0.1, 0.15) is 12.0 Å². The smallest absolute Gasteiger partial charge is 0.320 e. The minimum Gasteiger partial charge on any atom is -0.480 e. The van der Waals surface area contributed by atoms with Crippen molar-refractivity contribution in [3.63, 3.8) is 0 Å². The summed E-state index contributed by atoms with van der Waals surface area (Å²) in [5.41, 5.74) is 1.30. The molecule has 0 spiro atoms. The third-order valence-electron chi connectivity index (χ3n) is 2.93. The van der Waals surface area contributed by atoms with E-state index in [2.05, 4.69) is 46.1 Å². The summed E-state index contributed by atoms with van der Waals surface area (Å²) in [6.45, 7) is 0.808. The molecule has 0 bridgehead atoms. The lowest BCUT2D eigenvalue weighted by atomic mass is 9.97. The Morgan fingerprint density at radius 3 is 3.00 bits per heavy atom. The van der Waals surface area contributed by atoms with E-state index < -0.39 is 5.97 Å². The number of hydrogen-bond acceptors (Lipinski definition) is 2. The number of carboxylic acid groups (broad SMARTS) is 1. The van der Waals surface area contributed by atoms with Crippen molar-refractivity contribution in [3.05, 3.63) is 33.4 Å².